The molecule has 2 rings (SSSR count). The lowest BCUT2D eigenvalue weighted by Crippen LogP contribution is -2.08. The van der Waals surface area contributed by atoms with Crippen LogP contribution in [0.1, 0.15) is 5.56 Å². The van der Waals surface area contributed by atoms with Crippen LogP contribution in [-0.2, 0) is 6.54 Å². The van der Waals surface area contributed by atoms with Gasteiger partial charge in [0.25, 0.3) is 0 Å². The van der Waals surface area contributed by atoms with E-state index in [0.29, 0.717) is 9.13 Å². The van der Waals surface area contributed by atoms with Crippen molar-refractivity contribution in [1.29, 1.82) is 0 Å². The van der Waals surface area contributed by atoms with Gasteiger partial charge in [-0.1, -0.05) is 15.9 Å². The van der Waals surface area contributed by atoms with E-state index < -0.39 is 6.61 Å². The van der Waals surface area contributed by atoms with Crippen molar-refractivity contribution in [2.24, 2.45) is 0 Å². The fourth-order valence-corrected chi connectivity index (χ4v) is 2.80. The van der Waals surface area contributed by atoms with Gasteiger partial charge >= 0.3 is 6.61 Å². The highest BCUT2D eigenvalue weighted by molar-refractivity contribution is 14.1. The molecule has 0 heterocycles. The van der Waals surface area contributed by atoms with E-state index in [4.69, 9.17) is 0 Å². The van der Waals surface area contributed by atoms with E-state index >= 15 is 0 Å². The molecule has 0 bridgehead atoms. The molecule has 2 aromatic carbocycles. The first-order valence-electron chi connectivity index (χ1n) is 5.88. The lowest BCUT2D eigenvalue weighted by Gasteiger charge is -2.13. The minimum Gasteiger partial charge on any atom is -0.434 e. The first kappa shape index (κ1) is 16.4. The van der Waals surface area contributed by atoms with Crippen LogP contribution in [0.5, 0.6) is 5.75 Å². The van der Waals surface area contributed by atoms with Gasteiger partial charge in [0.15, 0.2) is 0 Å². The SMILES string of the molecule is Fc1ccc(NCc2cc(Br)ccc2OC(F)F)c(I)c1. The topological polar surface area (TPSA) is 21.3 Å². The molecule has 0 atom stereocenters. The second kappa shape index (κ2) is 7.35. The van der Waals surface area contributed by atoms with Gasteiger partial charge < -0.3 is 10.1 Å². The van der Waals surface area contributed by atoms with Crippen LogP contribution in [0.2, 0.25) is 0 Å². The van der Waals surface area contributed by atoms with Crippen LogP contribution in [0.3, 0.4) is 0 Å². The van der Waals surface area contributed by atoms with E-state index in [1.165, 1.54) is 18.2 Å². The van der Waals surface area contributed by atoms with Gasteiger partial charge in [-0.25, -0.2) is 4.39 Å². The summed E-state index contributed by atoms with van der Waals surface area (Å²) in [4.78, 5) is 0. The van der Waals surface area contributed by atoms with E-state index in [1.54, 1.807) is 18.2 Å². The van der Waals surface area contributed by atoms with Crippen LogP contribution in [-0.4, -0.2) is 6.61 Å². The number of nitrogens with one attached hydrogen (secondary N) is 1. The van der Waals surface area contributed by atoms with Crippen molar-refractivity contribution in [3.05, 3.63) is 55.8 Å². The molecule has 0 saturated heterocycles. The lowest BCUT2D eigenvalue weighted by molar-refractivity contribution is -0.0504. The third-order valence-corrected chi connectivity index (χ3v) is 4.02. The van der Waals surface area contributed by atoms with Crippen molar-refractivity contribution < 1.29 is 17.9 Å². The second-order valence-corrected chi connectivity index (χ2v) is 6.19. The van der Waals surface area contributed by atoms with E-state index in [2.05, 4.69) is 26.0 Å². The van der Waals surface area contributed by atoms with Gasteiger partial charge in [-0.3, -0.25) is 0 Å². The Labute approximate surface area is 142 Å². The summed E-state index contributed by atoms with van der Waals surface area (Å²) in [7, 11) is 0. The number of hydrogen-bond acceptors (Lipinski definition) is 2. The number of hydrogen-bond donors (Lipinski definition) is 1. The first-order valence-corrected chi connectivity index (χ1v) is 7.75. The molecule has 0 radical (unpaired) electrons. The zero-order chi connectivity index (χ0) is 15.4. The second-order valence-electron chi connectivity index (χ2n) is 4.11. The molecule has 0 spiro atoms. The van der Waals surface area contributed by atoms with Crippen molar-refractivity contribution >= 4 is 44.2 Å². The van der Waals surface area contributed by atoms with Crippen LogP contribution in [0.25, 0.3) is 0 Å². The third-order valence-electron chi connectivity index (χ3n) is 2.64. The van der Waals surface area contributed by atoms with Gasteiger partial charge in [0.05, 0.1) is 0 Å². The molecule has 2 nitrogen and oxygen atoms in total. The van der Waals surface area contributed by atoms with Gasteiger partial charge in [0, 0.05) is 25.8 Å². The summed E-state index contributed by atoms with van der Waals surface area (Å²) in [6, 6.07) is 9.12. The normalized spacial score (nSPS) is 10.8. The highest BCUT2D eigenvalue weighted by Crippen LogP contribution is 2.27. The minimum atomic E-state index is -2.88. The Bertz CT molecular complexity index is 640. The molecular formula is C14H10BrF3INO. The molecule has 21 heavy (non-hydrogen) atoms. The molecule has 7 heteroatoms. The predicted molar refractivity (Wildman–Crippen MR) is 87.2 cm³/mol. The van der Waals surface area contributed by atoms with Crippen LogP contribution >= 0.6 is 38.5 Å². The molecule has 112 valence electrons. The molecule has 1 N–H and O–H groups in total. The Morgan fingerprint density at radius 1 is 1.19 bits per heavy atom. The summed E-state index contributed by atoms with van der Waals surface area (Å²) in [6.07, 6.45) is 0. The Morgan fingerprint density at radius 2 is 1.95 bits per heavy atom. The van der Waals surface area contributed by atoms with Gasteiger partial charge in [0.2, 0.25) is 0 Å². The van der Waals surface area contributed by atoms with Gasteiger partial charge in [-0.15, -0.1) is 0 Å². The zero-order valence-electron chi connectivity index (χ0n) is 10.5. The Morgan fingerprint density at radius 3 is 2.62 bits per heavy atom. The molecule has 2 aromatic rings. The predicted octanol–water partition coefficient (Wildman–Crippen LogP) is 5.41. The fraction of sp³-hybridized carbons (Fsp3) is 0.143. The van der Waals surface area contributed by atoms with E-state index in [1.807, 2.05) is 22.6 Å². The van der Waals surface area contributed by atoms with E-state index in [0.717, 1.165) is 10.2 Å². The van der Waals surface area contributed by atoms with Crippen LogP contribution in [0.4, 0.5) is 18.9 Å². The van der Waals surface area contributed by atoms with Crippen LogP contribution in [0, 0.1) is 9.39 Å². The van der Waals surface area contributed by atoms with Crippen molar-refractivity contribution in [2.75, 3.05) is 5.32 Å². The minimum absolute atomic E-state index is 0.109. The summed E-state index contributed by atoms with van der Waals surface area (Å²) >= 11 is 5.29. The average Bonchev–Trinajstić information content (AvgIpc) is 2.40. The summed E-state index contributed by atoms with van der Waals surface area (Å²) in [5.41, 5.74) is 1.30. The van der Waals surface area contributed by atoms with Gasteiger partial charge in [-0.2, -0.15) is 8.78 Å². The molecule has 0 aliphatic heterocycles. The molecule has 0 aromatic heterocycles. The van der Waals surface area contributed by atoms with E-state index in [-0.39, 0.29) is 18.1 Å². The largest absolute Gasteiger partial charge is 0.434 e. The maximum atomic E-state index is 13.0. The lowest BCUT2D eigenvalue weighted by atomic mass is 10.2. The molecule has 0 fully saturated rings. The van der Waals surface area contributed by atoms with Crippen molar-refractivity contribution in [2.45, 2.75) is 13.2 Å². The molecule has 0 amide bonds. The Balaban J connectivity index is 2.16. The molecule has 0 aliphatic rings. The van der Waals surface area contributed by atoms with Crippen molar-refractivity contribution in [1.82, 2.24) is 0 Å². The highest BCUT2D eigenvalue weighted by atomic mass is 127. The van der Waals surface area contributed by atoms with Crippen LogP contribution < -0.4 is 10.1 Å². The van der Waals surface area contributed by atoms with Crippen LogP contribution in [0.15, 0.2) is 40.9 Å². The standard InChI is InChI=1S/C14H10BrF3INO/c15-9-1-4-13(21-14(17)18)8(5-9)7-20-12-3-2-10(16)6-11(12)19/h1-6,14,20H,7H2. The fourth-order valence-electron chi connectivity index (χ4n) is 1.72. The first-order chi connectivity index (χ1) is 9.95. The summed E-state index contributed by atoms with van der Waals surface area (Å²) < 4.78 is 43.7. The number of benzene rings is 2. The maximum absolute atomic E-state index is 13.0. The number of halogens is 5. The molecule has 0 unspecified atom stereocenters. The monoisotopic (exact) mass is 471 g/mol. The highest BCUT2D eigenvalue weighted by Gasteiger charge is 2.11. The summed E-state index contributed by atoms with van der Waals surface area (Å²) in [5, 5.41) is 3.08. The maximum Gasteiger partial charge on any atom is 0.387 e. The number of alkyl halides is 2. The van der Waals surface area contributed by atoms with Crippen molar-refractivity contribution in [3.8, 4) is 5.75 Å². The Hall–Kier alpha value is -0.960. The molecular weight excluding hydrogens is 462 g/mol. The van der Waals surface area contributed by atoms with E-state index in [9.17, 15) is 13.2 Å². The number of anilines is 1. The smallest absolute Gasteiger partial charge is 0.387 e. The number of rotatable bonds is 5. The Kier molecular flexibility index (Phi) is 5.74. The van der Waals surface area contributed by atoms with Crippen molar-refractivity contribution in [3.63, 3.8) is 0 Å². The molecule has 0 saturated carbocycles. The quantitative estimate of drug-likeness (QED) is 0.589. The van der Waals surface area contributed by atoms with Gasteiger partial charge in [0.1, 0.15) is 11.6 Å². The summed E-state index contributed by atoms with van der Waals surface area (Å²) in [5.74, 6) is -0.216. The van der Waals surface area contributed by atoms with Gasteiger partial charge in [-0.05, 0) is 59.0 Å². The number of ether oxygens (including phenoxy) is 1. The third kappa shape index (κ3) is 4.77. The molecule has 0 aliphatic carbocycles. The average molecular weight is 472 g/mol. The zero-order valence-corrected chi connectivity index (χ0v) is 14.3. The summed E-state index contributed by atoms with van der Waals surface area (Å²) in [6.45, 7) is -2.60.